The molecule has 164 valence electrons. The molecule has 0 unspecified atom stereocenters. The van der Waals surface area contributed by atoms with Gasteiger partial charge in [0.1, 0.15) is 6.54 Å². The highest BCUT2D eigenvalue weighted by Crippen LogP contribution is 2.03. The number of quaternary nitrogens is 3. The number of aliphatic hydroxyl groups is 1. The summed E-state index contributed by atoms with van der Waals surface area (Å²) in [6, 6.07) is 0. The molecule has 0 aromatic rings. The molecule has 0 aromatic heterocycles. The zero-order chi connectivity index (χ0) is 21.8. The molecule has 0 saturated heterocycles. The standard InChI is InChI=1S/2C6H15N.C5H14NO.H3O4P/c2*1-4-7(5-2)6-3;1-6(2,3)4-5-7;1-5(2,3)4/h2*4-6H2,1-3H3;7H,4-5H2,1-3H3;(H3,1,2,3,4)/q;;+1;/p-1. The minimum absolute atomic E-state index is 0.281. The summed E-state index contributed by atoms with van der Waals surface area (Å²) in [5, 5.41) is 8.39. The van der Waals surface area contributed by atoms with Crippen molar-refractivity contribution in [1.29, 1.82) is 0 Å². The van der Waals surface area contributed by atoms with Crippen molar-refractivity contribution in [3.63, 3.8) is 0 Å². The van der Waals surface area contributed by atoms with Gasteiger partial charge in [-0.25, -0.2) is 0 Å². The molecule has 0 spiro atoms. The maximum absolute atomic E-state index is 8.55. The van der Waals surface area contributed by atoms with Gasteiger partial charge in [0, 0.05) is 0 Å². The lowest BCUT2D eigenvalue weighted by molar-refractivity contribution is -0.894. The van der Waals surface area contributed by atoms with Crippen LogP contribution in [-0.2, 0) is 4.57 Å². The van der Waals surface area contributed by atoms with E-state index in [1.54, 1.807) is 9.80 Å². The predicted molar refractivity (Wildman–Crippen MR) is 103 cm³/mol. The minimum atomic E-state index is -5.39. The molecule has 3 N–H and O–H groups in total. The van der Waals surface area contributed by atoms with Gasteiger partial charge in [-0.15, -0.1) is 0 Å². The minimum Gasteiger partial charge on any atom is -0.822 e. The molecule has 9 heteroatoms. The average molecular weight is 404 g/mol. The van der Waals surface area contributed by atoms with Crippen molar-refractivity contribution >= 4 is 7.82 Å². The lowest BCUT2D eigenvalue weighted by Gasteiger charge is -2.36. The number of phosphoric acid groups is 1. The molecule has 0 atom stereocenters. The summed E-state index contributed by atoms with van der Waals surface area (Å²) in [5.74, 6) is 0. The summed E-state index contributed by atoms with van der Waals surface area (Å²) in [6.07, 6.45) is 0. The van der Waals surface area contributed by atoms with Gasteiger partial charge in [-0.3, -0.25) is 0 Å². The van der Waals surface area contributed by atoms with Gasteiger partial charge in [0.2, 0.25) is 0 Å². The Balaban J connectivity index is -0.000000125. The Labute approximate surface area is 162 Å². The van der Waals surface area contributed by atoms with Gasteiger partial charge in [0.15, 0.2) is 0 Å². The number of aliphatic hydroxyl groups excluding tert-OH is 1. The molecule has 8 nitrogen and oxygen atoms in total. The van der Waals surface area contributed by atoms with Gasteiger partial charge < -0.3 is 38.6 Å². The van der Waals surface area contributed by atoms with E-state index < -0.39 is 7.82 Å². The van der Waals surface area contributed by atoms with Crippen LogP contribution in [0.2, 0.25) is 0 Å². The van der Waals surface area contributed by atoms with Crippen molar-refractivity contribution in [3.05, 3.63) is 0 Å². The quantitative estimate of drug-likeness (QED) is 0.290. The SMILES string of the molecule is CC[NH+](CC)CC.CC[NH+](CC)CC.C[N+](C)(C)CCO.O=P([O-])([O-])[O-]. The number of nitrogens with one attached hydrogen (secondary N) is 2. The van der Waals surface area contributed by atoms with Gasteiger partial charge in [-0.2, -0.15) is 7.82 Å². The first-order valence-corrected chi connectivity index (χ1v) is 11.0. The fourth-order valence-electron chi connectivity index (χ4n) is 1.80. The first-order chi connectivity index (χ1) is 11.8. The third-order valence-corrected chi connectivity index (χ3v) is 3.77. The van der Waals surface area contributed by atoms with E-state index in [9.17, 15) is 0 Å². The summed E-state index contributed by atoms with van der Waals surface area (Å²) in [7, 11) is 0.767. The molecule has 0 aliphatic rings. The van der Waals surface area contributed by atoms with Crippen LogP contribution >= 0.6 is 7.82 Å². The summed E-state index contributed by atoms with van der Waals surface area (Å²) in [6.45, 7) is 22.1. The molecule has 0 heterocycles. The summed E-state index contributed by atoms with van der Waals surface area (Å²) in [4.78, 5) is 29.0. The Morgan fingerprint density at radius 2 is 0.923 bits per heavy atom. The molecule has 0 aliphatic carbocycles. The molecule has 0 aliphatic heterocycles. The van der Waals surface area contributed by atoms with E-state index in [4.69, 9.17) is 24.4 Å². The van der Waals surface area contributed by atoms with Crippen molar-refractivity contribution in [1.82, 2.24) is 0 Å². The number of nitrogens with zero attached hydrogens (tertiary/aromatic N) is 1. The summed E-state index contributed by atoms with van der Waals surface area (Å²) in [5.41, 5.74) is 0. The van der Waals surface area contributed by atoms with Crippen LogP contribution in [0.15, 0.2) is 0 Å². The smallest absolute Gasteiger partial charge is 0.101 e. The number of rotatable bonds is 8. The highest BCUT2D eigenvalue weighted by molar-refractivity contribution is 7.40. The van der Waals surface area contributed by atoms with Crippen LogP contribution < -0.4 is 24.5 Å². The normalized spacial score (nSPS) is 11.0. The Morgan fingerprint density at radius 3 is 0.923 bits per heavy atom. The van der Waals surface area contributed by atoms with Crippen LogP contribution in [0.4, 0.5) is 0 Å². The molecule has 0 saturated carbocycles. The monoisotopic (exact) mass is 403 g/mol. The molecule has 0 amide bonds. The van der Waals surface area contributed by atoms with Crippen LogP contribution in [0.5, 0.6) is 0 Å². The van der Waals surface area contributed by atoms with Crippen LogP contribution in [0.3, 0.4) is 0 Å². The lowest BCUT2D eigenvalue weighted by Crippen LogP contribution is -3.11. The number of likely N-dealkylation sites (N-methyl/N-ethyl adjacent to an activating group) is 1. The van der Waals surface area contributed by atoms with E-state index in [-0.39, 0.29) is 6.61 Å². The Kier molecular flexibility index (Phi) is 27.4. The van der Waals surface area contributed by atoms with Gasteiger partial charge in [0.05, 0.1) is 67.0 Å². The molecule has 0 fully saturated rings. The molecule has 0 aromatic carbocycles. The predicted octanol–water partition coefficient (Wildman–Crippen LogP) is -3.28. The lowest BCUT2D eigenvalue weighted by atomic mass is 10.5. The van der Waals surface area contributed by atoms with E-state index in [1.165, 1.54) is 39.3 Å². The average Bonchev–Trinajstić information content (AvgIpc) is 2.49. The van der Waals surface area contributed by atoms with Crippen molar-refractivity contribution in [2.45, 2.75) is 41.5 Å². The highest BCUT2D eigenvalue weighted by Gasteiger charge is 2.02. The van der Waals surface area contributed by atoms with Gasteiger partial charge >= 0.3 is 0 Å². The molecule has 26 heavy (non-hydrogen) atoms. The third kappa shape index (κ3) is 49.6. The topological polar surface area (TPSA) is 115 Å². The Hall–Kier alpha value is -0.0500. The first-order valence-electron chi connectivity index (χ1n) is 9.57. The Bertz CT molecular complexity index is 270. The molecule has 0 rings (SSSR count). The second-order valence-corrected chi connectivity index (χ2v) is 7.70. The zero-order valence-electron chi connectivity index (χ0n) is 18.6. The molecule has 0 bridgehead atoms. The van der Waals surface area contributed by atoms with Crippen molar-refractivity contribution in [2.24, 2.45) is 0 Å². The summed E-state index contributed by atoms with van der Waals surface area (Å²) >= 11 is 0. The highest BCUT2D eigenvalue weighted by atomic mass is 31.2. The van der Waals surface area contributed by atoms with E-state index in [2.05, 4.69) is 62.7 Å². The maximum atomic E-state index is 8.55. The second kappa shape index (κ2) is 21.3. The van der Waals surface area contributed by atoms with E-state index in [0.717, 1.165) is 11.0 Å². The fourth-order valence-corrected chi connectivity index (χ4v) is 1.80. The van der Waals surface area contributed by atoms with Crippen LogP contribution in [0.25, 0.3) is 0 Å². The van der Waals surface area contributed by atoms with Crippen molar-refractivity contribution < 1.29 is 38.6 Å². The molecular formula is C17H46N3O5P. The van der Waals surface area contributed by atoms with Crippen LogP contribution in [0, 0.1) is 0 Å². The third-order valence-electron chi connectivity index (χ3n) is 3.77. The summed E-state index contributed by atoms with van der Waals surface area (Å²) < 4.78 is 9.39. The van der Waals surface area contributed by atoms with Gasteiger partial charge in [-0.1, -0.05) is 0 Å². The Morgan fingerprint density at radius 1 is 0.731 bits per heavy atom. The number of hydrogen-bond acceptors (Lipinski definition) is 5. The first kappa shape index (κ1) is 33.5. The van der Waals surface area contributed by atoms with Gasteiger partial charge in [-0.05, 0) is 41.5 Å². The van der Waals surface area contributed by atoms with Crippen LogP contribution in [0.1, 0.15) is 41.5 Å². The van der Waals surface area contributed by atoms with Gasteiger partial charge in [0.25, 0.3) is 0 Å². The molecular weight excluding hydrogens is 357 g/mol. The molecule has 0 radical (unpaired) electrons. The van der Waals surface area contributed by atoms with E-state index in [1.807, 2.05) is 0 Å². The van der Waals surface area contributed by atoms with Crippen molar-refractivity contribution in [3.8, 4) is 0 Å². The number of hydrogen-bond donors (Lipinski definition) is 3. The van der Waals surface area contributed by atoms with E-state index in [0.29, 0.717) is 0 Å². The maximum Gasteiger partial charge on any atom is 0.101 e. The van der Waals surface area contributed by atoms with Crippen molar-refractivity contribution in [2.75, 3.05) is 73.6 Å². The fraction of sp³-hybridized carbons (Fsp3) is 1.00. The van der Waals surface area contributed by atoms with E-state index >= 15 is 0 Å². The zero-order valence-corrected chi connectivity index (χ0v) is 19.5. The second-order valence-electron chi connectivity index (χ2n) is 6.81. The largest absolute Gasteiger partial charge is 0.822 e. The van der Waals surface area contributed by atoms with Crippen LogP contribution in [-0.4, -0.2) is 83.2 Å².